The van der Waals surface area contributed by atoms with Gasteiger partial charge in [0, 0.05) is 17.0 Å². The summed E-state index contributed by atoms with van der Waals surface area (Å²) in [5.74, 6) is -0.590. The molecule has 0 aliphatic rings. The predicted molar refractivity (Wildman–Crippen MR) is 74.5 cm³/mol. The summed E-state index contributed by atoms with van der Waals surface area (Å²) in [5.41, 5.74) is 5.68. The first-order valence-electron chi connectivity index (χ1n) is 6.01. The Labute approximate surface area is 119 Å². The fourth-order valence-corrected chi connectivity index (χ4v) is 2.53. The van der Waals surface area contributed by atoms with Crippen LogP contribution in [0.15, 0.2) is 41.8 Å². The number of carbonyl (C=O) groups is 1. The van der Waals surface area contributed by atoms with Crippen molar-refractivity contribution in [2.24, 2.45) is 5.73 Å². The normalized spacial score (nSPS) is 12.6. The molecule has 0 radical (unpaired) electrons. The minimum absolute atomic E-state index is 0.119. The first-order valence-corrected chi connectivity index (χ1v) is 6.89. The van der Waals surface area contributed by atoms with E-state index in [4.69, 9.17) is 5.73 Å². The zero-order chi connectivity index (χ0) is 14.5. The van der Waals surface area contributed by atoms with Crippen LogP contribution in [0.5, 0.6) is 0 Å². The van der Waals surface area contributed by atoms with E-state index in [-0.39, 0.29) is 5.56 Å². The van der Waals surface area contributed by atoms with E-state index in [2.05, 4.69) is 5.32 Å². The molecule has 0 spiro atoms. The molecule has 1 aromatic carbocycles. The monoisotopic (exact) mass is 296 g/mol. The van der Waals surface area contributed by atoms with Gasteiger partial charge in [-0.3, -0.25) is 10.1 Å². The van der Waals surface area contributed by atoms with Crippen LogP contribution in [0.25, 0.3) is 0 Å². The summed E-state index contributed by atoms with van der Waals surface area (Å²) in [5, 5.41) is 4.92. The van der Waals surface area contributed by atoms with Crippen LogP contribution in [-0.2, 0) is 11.3 Å². The molecule has 0 saturated heterocycles. The molecule has 2 rings (SSSR count). The SMILES string of the molecule is NC(=O)C(NCc1cccs1)c1cccc(C(F)F)c1. The summed E-state index contributed by atoms with van der Waals surface area (Å²) in [6.45, 7) is 0.462. The molecule has 0 aliphatic heterocycles. The molecule has 3 N–H and O–H groups in total. The van der Waals surface area contributed by atoms with Crippen molar-refractivity contribution >= 4 is 17.2 Å². The standard InChI is InChI=1S/C14H14F2N2OS/c15-13(16)10-4-1-3-9(7-10)12(14(17)19)18-8-11-5-2-6-20-11/h1-7,12-13,18H,8H2,(H2,17,19). The van der Waals surface area contributed by atoms with Gasteiger partial charge in [-0.2, -0.15) is 0 Å². The van der Waals surface area contributed by atoms with Crippen LogP contribution < -0.4 is 11.1 Å². The maximum Gasteiger partial charge on any atom is 0.263 e. The molecule has 2 aromatic rings. The number of nitrogens with one attached hydrogen (secondary N) is 1. The summed E-state index contributed by atoms with van der Waals surface area (Å²) in [6, 6.07) is 8.79. The minimum Gasteiger partial charge on any atom is -0.368 e. The molecular formula is C14H14F2N2OS. The van der Waals surface area contributed by atoms with Gasteiger partial charge in [-0.05, 0) is 23.1 Å². The Morgan fingerprint density at radius 1 is 1.25 bits per heavy atom. The predicted octanol–water partition coefficient (Wildman–Crippen LogP) is 3.00. The lowest BCUT2D eigenvalue weighted by Crippen LogP contribution is -2.33. The number of carbonyl (C=O) groups excluding carboxylic acids is 1. The van der Waals surface area contributed by atoms with Crippen molar-refractivity contribution < 1.29 is 13.6 Å². The second-order valence-electron chi connectivity index (χ2n) is 4.27. The van der Waals surface area contributed by atoms with Crippen molar-refractivity contribution in [2.45, 2.75) is 19.0 Å². The Morgan fingerprint density at radius 3 is 2.60 bits per heavy atom. The highest BCUT2D eigenvalue weighted by atomic mass is 32.1. The van der Waals surface area contributed by atoms with Gasteiger partial charge in [0.05, 0.1) is 0 Å². The van der Waals surface area contributed by atoms with E-state index in [0.29, 0.717) is 12.1 Å². The highest BCUT2D eigenvalue weighted by Gasteiger charge is 2.19. The van der Waals surface area contributed by atoms with Crippen LogP contribution in [0.3, 0.4) is 0 Å². The van der Waals surface area contributed by atoms with Crippen molar-refractivity contribution in [1.29, 1.82) is 0 Å². The topological polar surface area (TPSA) is 55.1 Å². The lowest BCUT2D eigenvalue weighted by Gasteiger charge is -2.16. The molecule has 20 heavy (non-hydrogen) atoms. The van der Waals surface area contributed by atoms with Crippen molar-refractivity contribution in [2.75, 3.05) is 0 Å². The van der Waals surface area contributed by atoms with E-state index in [1.54, 1.807) is 17.4 Å². The Hall–Kier alpha value is -1.79. The number of amides is 1. The van der Waals surface area contributed by atoms with Crippen molar-refractivity contribution in [3.63, 3.8) is 0 Å². The Kier molecular flexibility index (Phi) is 4.81. The molecule has 106 valence electrons. The second kappa shape index (κ2) is 6.58. The lowest BCUT2D eigenvalue weighted by atomic mass is 10.0. The van der Waals surface area contributed by atoms with E-state index >= 15 is 0 Å². The molecule has 1 heterocycles. The van der Waals surface area contributed by atoms with Gasteiger partial charge in [-0.15, -0.1) is 11.3 Å². The number of benzene rings is 1. The van der Waals surface area contributed by atoms with Crippen molar-refractivity contribution in [3.8, 4) is 0 Å². The largest absolute Gasteiger partial charge is 0.368 e. The van der Waals surface area contributed by atoms with Crippen molar-refractivity contribution in [3.05, 3.63) is 57.8 Å². The molecule has 1 unspecified atom stereocenters. The van der Waals surface area contributed by atoms with Gasteiger partial charge < -0.3 is 5.73 Å². The summed E-state index contributed by atoms with van der Waals surface area (Å²) in [7, 11) is 0. The molecule has 0 bridgehead atoms. The highest BCUT2D eigenvalue weighted by molar-refractivity contribution is 7.09. The van der Waals surface area contributed by atoms with Gasteiger partial charge in [0.15, 0.2) is 0 Å². The van der Waals surface area contributed by atoms with Crippen LogP contribution >= 0.6 is 11.3 Å². The third kappa shape index (κ3) is 3.61. The van der Waals surface area contributed by atoms with E-state index in [1.165, 1.54) is 18.2 Å². The molecule has 1 aromatic heterocycles. The first-order chi connectivity index (χ1) is 9.58. The maximum absolute atomic E-state index is 12.7. The number of hydrogen-bond acceptors (Lipinski definition) is 3. The van der Waals surface area contributed by atoms with Crippen LogP contribution in [-0.4, -0.2) is 5.91 Å². The number of primary amides is 1. The number of hydrogen-bond donors (Lipinski definition) is 2. The third-order valence-corrected chi connectivity index (χ3v) is 3.72. The van der Waals surface area contributed by atoms with Crippen LogP contribution in [0.4, 0.5) is 8.78 Å². The zero-order valence-electron chi connectivity index (χ0n) is 10.6. The molecule has 6 heteroatoms. The first kappa shape index (κ1) is 14.6. The van der Waals surface area contributed by atoms with Gasteiger partial charge in [0.25, 0.3) is 6.43 Å². The average molecular weight is 296 g/mol. The van der Waals surface area contributed by atoms with Gasteiger partial charge in [-0.1, -0.05) is 24.3 Å². The van der Waals surface area contributed by atoms with Gasteiger partial charge in [0.1, 0.15) is 6.04 Å². The average Bonchev–Trinajstić information content (AvgIpc) is 2.92. The Morgan fingerprint density at radius 2 is 2.00 bits per heavy atom. The summed E-state index contributed by atoms with van der Waals surface area (Å²) < 4.78 is 25.4. The highest BCUT2D eigenvalue weighted by Crippen LogP contribution is 2.23. The van der Waals surface area contributed by atoms with Gasteiger partial charge >= 0.3 is 0 Å². The fraction of sp³-hybridized carbons (Fsp3) is 0.214. The Bertz CT molecular complexity index is 572. The minimum atomic E-state index is -2.57. The summed E-state index contributed by atoms with van der Waals surface area (Å²) >= 11 is 1.55. The van der Waals surface area contributed by atoms with E-state index < -0.39 is 18.4 Å². The third-order valence-electron chi connectivity index (χ3n) is 2.84. The number of halogens is 2. The van der Waals surface area contributed by atoms with E-state index in [0.717, 1.165) is 4.88 Å². The van der Waals surface area contributed by atoms with Crippen LogP contribution in [0.2, 0.25) is 0 Å². The zero-order valence-corrected chi connectivity index (χ0v) is 11.4. The Balaban J connectivity index is 2.15. The molecule has 0 fully saturated rings. The quantitative estimate of drug-likeness (QED) is 0.861. The summed E-state index contributed by atoms with van der Waals surface area (Å²) in [4.78, 5) is 12.6. The number of nitrogens with two attached hydrogens (primary N) is 1. The van der Waals surface area contributed by atoms with E-state index in [9.17, 15) is 13.6 Å². The smallest absolute Gasteiger partial charge is 0.263 e. The second-order valence-corrected chi connectivity index (χ2v) is 5.30. The van der Waals surface area contributed by atoms with Crippen molar-refractivity contribution in [1.82, 2.24) is 5.32 Å². The lowest BCUT2D eigenvalue weighted by molar-refractivity contribution is -0.120. The van der Waals surface area contributed by atoms with Crippen LogP contribution in [0, 0.1) is 0 Å². The number of rotatable bonds is 6. The number of thiophene rings is 1. The van der Waals surface area contributed by atoms with Crippen LogP contribution in [0.1, 0.15) is 28.5 Å². The van der Waals surface area contributed by atoms with E-state index in [1.807, 2.05) is 17.5 Å². The van der Waals surface area contributed by atoms with Gasteiger partial charge in [0.2, 0.25) is 5.91 Å². The summed E-state index contributed by atoms with van der Waals surface area (Å²) in [6.07, 6.45) is -2.57. The molecular weight excluding hydrogens is 282 g/mol. The molecule has 0 saturated carbocycles. The number of alkyl halides is 2. The maximum atomic E-state index is 12.7. The molecule has 1 atom stereocenters. The molecule has 1 amide bonds. The van der Waals surface area contributed by atoms with Gasteiger partial charge in [-0.25, -0.2) is 8.78 Å². The molecule has 0 aliphatic carbocycles. The molecule has 3 nitrogen and oxygen atoms in total. The fourth-order valence-electron chi connectivity index (χ4n) is 1.87.